The molecule has 0 saturated heterocycles. The van der Waals surface area contributed by atoms with Gasteiger partial charge >= 0.3 is 5.97 Å². The van der Waals surface area contributed by atoms with Crippen molar-refractivity contribution in [1.82, 2.24) is 4.98 Å². The summed E-state index contributed by atoms with van der Waals surface area (Å²) in [4.78, 5) is 16.2. The van der Waals surface area contributed by atoms with Crippen LogP contribution >= 0.6 is 11.3 Å². The number of aliphatic hydroxyl groups excluding tert-OH is 2. The van der Waals surface area contributed by atoms with Crippen molar-refractivity contribution < 1.29 is 19.7 Å². The Morgan fingerprint density at radius 1 is 1.48 bits per heavy atom. The minimum absolute atomic E-state index is 0.149. The van der Waals surface area contributed by atoms with Gasteiger partial charge in [-0.15, -0.1) is 11.3 Å². The number of carbonyl (C=O) groups excluding carboxylic acids is 1. The molecule has 6 heteroatoms. The van der Waals surface area contributed by atoms with Crippen molar-refractivity contribution in [2.75, 3.05) is 13.7 Å². The van der Waals surface area contributed by atoms with Crippen molar-refractivity contribution >= 4 is 23.4 Å². The number of aromatic nitrogens is 1. The zero-order valence-corrected chi connectivity index (χ0v) is 16.3. The van der Waals surface area contributed by atoms with Gasteiger partial charge in [0.25, 0.3) is 0 Å². The summed E-state index contributed by atoms with van der Waals surface area (Å²) in [6, 6.07) is 0. The van der Waals surface area contributed by atoms with E-state index in [0.717, 1.165) is 29.1 Å². The Hall–Kier alpha value is -1.50. The molecule has 1 aromatic rings. The summed E-state index contributed by atoms with van der Waals surface area (Å²) < 4.78 is 4.83. The standard InChI is InChI=1S/C19H29NO4S/c1-13(11-21)6-5-7-16(19(23)24-4)8-9-18(22)14(2)10-17-12-25-15(3)20-17/h8,10,12-13,18,21-22H,5-7,9,11H2,1-4H3/t13-,18-/m0/s1. The number of esters is 1. The first-order chi connectivity index (χ1) is 11.9. The number of aliphatic hydroxyl groups is 2. The number of aryl methyl sites for hydroxylation is 1. The summed E-state index contributed by atoms with van der Waals surface area (Å²) in [5.41, 5.74) is 2.22. The summed E-state index contributed by atoms with van der Waals surface area (Å²) in [5, 5.41) is 22.3. The highest BCUT2D eigenvalue weighted by atomic mass is 32.1. The molecule has 1 rings (SSSR count). The molecule has 0 saturated carbocycles. The molecule has 0 spiro atoms. The highest BCUT2D eigenvalue weighted by Gasteiger charge is 2.13. The van der Waals surface area contributed by atoms with Gasteiger partial charge in [-0.2, -0.15) is 0 Å². The van der Waals surface area contributed by atoms with Gasteiger partial charge in [-0.25, -0.2) is 9.78 Å². The summed E-state index contributed by atoms with van der Waals surface area (Å²) in [7, 11) is 1.36. The third-order valence-corrected chi connectivity index (χ3v) is 4.82. The van der Waals surface area contributed by atoms with Crippen molar-refractivity contribution in [3.63, 3.8) is 0 Å². The third-order valence-electron chi connectivity index (χ3n) is 4.03. The number of methoxy groups -OCH3 is 1. The van der Waals surface area contributed by atoms with E-state index in [4.69, 9.17) is 9.84 Å². The first-order valence-corrected chi connectivity index (χ1v) is 9.41. The van der Waals surface area contributed by atoms with Crippen LogP contribution in [0.3, 0.4) is 0 Å². The van der Waals surface area contributed by atoms with E-state index < -0.39 is 6.10 Å². The van der Waals surface area contributed by atoms with E-state index in [-0.39, 0.29) is 18.5 Å². The fourth-order valence-electron chi connectivity index (χ4n) is 2.37. The quantitative estimate of drug-likeness (QED) is 0.489. The molecule has 0 aliphatic rings. The number of hydrogen-bond acceptors (Lipinski definition) is 6. The highest BCUT2D eigenvalue weighted by Crippen LogP contribution is 2.18. The minimum Gasteiger partial charge on any atom is -0.466 e. The molecule has 0 fully saturated rings. The lowest BCUT2D eigenvalue weighted by Gasteiger charge is -2.11. The van der Waals surface area contributed by atoms with Crippen molar-refractivity contribution in [3.05, 3.63) is 33.3 Å². The van der Waals surface area contributed by atoms with Gasteiger partial charge in [0.1, 0.15) is 0 Å². The number of ether oxygens (including phenoxy) is 1. The number of thiazole rings is 1. The number of carbonyl (C=O) groups is 1. The Morgan fingerprint density at radius 3 is 2.76 bits per heavy atom. The fourth-order valence-corrected chi connectivity index (χ4v) is 2.94. The molecule has 0 aliphatic carbocycles. The smallest absolute Gasteiger partial charge is 0.333 e. The van der Waals surface area contributed by atoms with E-state index in [1.165, 1.54) is 7.11 Å². The summed E-state index contributed by atoms with van der Waals surface area (Å²) in [5.74, 6) is -0.142. The van der Waals surface area contributed by atoms with Crippen LogP contribution in [0.1, 0.15) is 50.2 Å². The van der Waals surface area contributed by atoms with Crippen LogP contribution in [0.4, 0.5) is 0 Å². The van der Waals surface area contributed by atoms with Crippen LogP contribution in [0, 0.1) is 12.8 Å². The second-order valence-electron chi connectivity index (χ2n) is 6.33. The molecule has 0 unspecified atom stereocenters. The van der Waals surface area contributed by atoms with Crippen LogP contribution in [-0.2, 0) is 9.53 Å². The Labute approximate surface area is 154 Å². The van der Waals surface area contributed by atoms with Gasteiger partial charge in [0, 0.05) is 17.6 Å². The maximum Gasteiger partial charge on any atom is 0.333 e. The SMILES string of the molecule is COC(=O)C(=CC[C@H](O)C(C)=Cc1csc(C)n1)CCC[C@H](C)CO. The molecule has 0 bridgehead atoms. The molecule has 0 amide bonds. The maximum absolute atomic E-state index is 11.9. The Morgan fingerprint density at radius 2 is 2.20 bits per heavy atom. The summed E-state index contributed by atoms with van der Waals surface area (Å²) in [6.07, 6.45) is 5.52. The topological polar surface area (TPSA) is 79.7 Å². The van der Waals surface area contributed by atoms with E-state index in [1.54, 1.807) is 17.4 Å². The van der Waals surface area contributed by atoms with Crippen LogP contribution in [0.2, 0.25) is 0 Å². The monoisotopic (exact) mass is 367 g/mol. The molecule has 5 nitrogen and oxygen atoms in total. The number of nitrogens with zero attached hydrogens (tertiary/aromatic N) is 1. The average molecular weight is 368 g/mol. The van der Waals surface area contributed by atoms with E-state index in [9.17, 15) is 9.90 Å². The van der Waals surface area contributed by atoms with Crippen molar-refractivity contribution in [2.45, 2.75) is 52.6 Å². The van der Waals surface area contributed by atoms with Gasteiger partial charge in [0.2, 0.25) is 0 Å². The maximum atomic E-state index is 11.9. The van der Waals surface area contributed by atoms with Gasteiger partial charge in [0.15, 0.2) is 0 Å². The first-order valence-electron chi connectivity index (χ1n) is 8.54. The van der Waals surface area contributed by atoms with Crippen molar-refractivity contribution in [2.24, 2.45) is 5.92 Å². The molecule has 1 aromatic heterocycles. The minimum atomic E-state index is -0.668. The molecule has 1 heterocycles. The van der Waals surface area contributed by atoms with Crippen LogP contribution in [0.5, 0.6) is 0 Å². The Balaban J connectivity index is 2.67. The largest absolute Gasteiger partial charge is 0.466 e. The third kappa shape index (κ3) is 7.94. The molecule has 25 heavy (non-hydrogen) atoms. The van der Waals surface area contributed by atoms with Gasteiger partial charge in [-0.3, -0.25) is 0 Å². The molecule has 0 aromatic carbocycles. The second-order valence-corrected chi connectivity index (χ2v) is 7.39. The van der Waals surface area contributed by atoms with Crippen LogP contribution in [-0.4, -0.2) is 41.0 Å². The lowest BCUT2D eigenvalue weighted by molar-refractivity contribution is -0.136. The van der Waals surface area contributed by atoms with Crippen LogP contribution < -0.4 is 0 Å². The molecule has 2 atom stereocenters. The highest BCUT2D eigenvalue weighted by molar-refractivity contribution is 7.09. The Kier molecular flexibility index (Phi) is 9.63. The first kappa shape index (κ1) is 21.5. The number of rotatable bonds is 10. The Bertz CT molecular complexity index is 606. The van der Waals surface area contributed by atoms with E-state index in [2.05, 4.69) is 4.98 Å². The van der Waals surface area contributed by atoms with E-state index >= 15 is 0 Å². The molecule has 0 radical (unpaired) electrons. The second kappa shape index (κ2) is 11.2. The van der Waals surface area contributed by atoms with Crippen LogP contribution in [0.15, 0.2) is 22.6 Å². The molecule has 0 aliphatic heterocycles. The predicted molar refractivity (Wildman–Crippen MR) is 101 cm³/mol. The molecule has 2 N–H and O–H groups in total. The van der Waals surface area contributed by atoms with Crippen molar-refractivity contribution in [1.29, 1.82) is 0 Å². The van der Waals surface area contributed by atoms with Gasteiger partial charge < -0.3 is 14.9 Å². The van der Waals surface area contributed by atoms with Crippen molar-refractivity contribution in [3.8, 4) is 0 Å². The lowest BCUT2D eigenvalue weighted by atomic mass is 9.99. The predicted octanol–water partition coefficient (Wildman–Crippen LogP) is 3.50. The van der Waals surface area contributed by atoms with E-state index in [0.29, 0.717) is 18.4 Å². The zero-order chi connectivity index (χ0) is 18.8. The molecule has 140 valence electrons. The van der Waals surface area contributed by atoms with Crippen LogP contribution in [0.25, 0.3) is 6.08 Å². The zero-order valence-electron chi connectivity index (χ0n) is 15.5. The van der Waals surface area contributed by atoms with Gasteiger partial charge in [-0.05, 0) is 57.1 Å². The normalized spacial score (nSPS) is 15.1. The van der Waals surface area contributed by atoms with Gasteiger partial charge in [-0.1, -0.05) is 13.0 Å². The lowest BCUT2D eigenvalue weighted by Crippen LogP contribution is -2.10. The molecular weight excluding hydrogens is 338 g/mol. The summed E-state index contributed by atoms with van der Waals surface area (Å²) >= 11 is 1.57. The molecular formula is C19H29NO4S. The average Bonchev–Trinajstić information content (AvgIpc) is 3.01. The van der Waals surface area contributed by atoms with E-state index in [1.807, 2.05) is 32.2 Å². The fraction of sp³-hybridized carbons (Fsp3) is 0.579. The summed E-state index contributed by atoms with van der Waals surface area (Å²) in [6.45, 7) is 5.92. The number of hydrogen-bond donors (Lipinski definition) is 2. The van der Waals surface area contributed by atoms with Gasteiger partial charge in [0.05, 0.1) is 23.9 Å².